The van der Waals surface area contributed by atoms with Crippen molar-refractivity contribution in [2.75, 3.05) is 12.4 Å². The summed E-state index contributed by atoms with van der Waals surface area (Å²) in [6.45, 7) is 4.40. The molecule has 0 unspecified atom stereocenters. The summed E-state index contributed by atoms with van der Waals surface area (Å²) >= 11 is 5.99. The molecule has 2 aromatic carbocycles. The number of ether oxygens (including phenoxy) is 1. The van der Waals surface area contributed by atoms with Crippen molar-refractivity contribution in [2.24, 2.45) is 0 Å². The third-order valence-electron chi connectivity index (χ3n) is 3.26. The van der Waals surface area contributed by atoms with E-state index in [0.717, 1.165) is 16.9 Å². The van der Waals surface area contributed by atoms with E-state index in [1.54, 1.807) is 19.2 Å². The molecule has 2 aromatic rings. The number of anilines is 1. The van der Waals surface area contributed by atoms with Crippen LogP contribution in [0, 0.1) is 13.8 Å². The first-order valence-corrected chi connectivity index (χ1v) is 7.34. The maximum atomic E-state index is 11.5. The number of aryl methyl sites for hydroxylation is 2. The number of benzene rings is 2. The second kappa shape index (κ2) is 7.18. The molecule has 0 saturated heterocycles. The van der Waals surface area contributed by atoms with Gasteiger partial charge in [-0.3, -0.25) is 0 Å². The van der Waals surface area contributed by atoms with Crippen LogP contribution in [0.5, 0.6) is 5.75 Å². The van der Waals surface area contributed by atoms with E-state index in [9.17, 15) is 4.79 Å². The second-order valence-corrected chi connectivity index (χ2v) is 5.50. The molecular weight excluding hydrogens is 300 g/mol. The van der Waals surface area contributed by atoms with Crippen LogP contribution in [0.25, 0.3) is 0 Å². The fraction of sp³-hybridized carbons (Fsp3) is 0.235. The van der Waals surface area contributed by atoms with Crippen LogP contribution in [-0.4, -0.2) is 13.1 Å². The normalized spacial score (nSPS) is 10.2. The van der Waals surface area contributed by atoms with E-state index in [2.05, 4.69) is 16.7 Å². The number of carbonyl (C=O) groups excluding carboxylic acids is 1. The second-order valence-electron chi connectivity index (χ2n) is 5.06. The number of carbonyl (C=O) groups is 1. The van der Waals surface area contributed by atoms with Gasteiger partial charge in [-0.15, -0.1) is 0 Å². The lowest BCUT2D eigenvalue weighted by Crippen LogP contribution is -2.25. The van der Waals surface area contributed by atoms with Gasteiger partial charge in [-0.05, 0) is 37.6 Å². The monoisotopic (exact) mass is 318 g/mol. The number of hydrogen-bond donors (Lipinski definition) is 2. The Hall–Kier alpha value is -2.20. The van der Waals surface area contributed by atoms with E-state index in [4.69, 9.17) is 16.3 Å². The quantitative estimate of drug-likeness (QED) is 0.883. The van der Waals surface area contributed by atoms with Crippen LogP contribution in [-0.2, 0) is 6.61 Å². The van der Waals surface area contributed by atoms with Crippen molar-refractivity contribution in [2.45, 2.75) is 20.5 Å². The highest BCUT2D eigenvalue weighted by Crippen LogP contribution is 2.24. The van der Waals surface area contributed by atoms with Gasteiger partial charge in [0.05, 0.1) is 5.69 Å². The smallest absolute Gasteiger partial charge is 0.318 e. The highest BCUT2D eigenvalue weighted by molar-refractivity contribution is 6.31. The molecule has 0 aliphatic rings. The zero-order valence-corrected chi connectivity index (χ0v) is 13.6. The van der Waals surface area contributed by atoms with Crippen LogP contribution in [0.4, 0.5) is 10.5 Å². The van der Waals surface area contributed by atoms with E-state index >= 15 is 0 Å². The number of amides is 2. The van der Waals surface area contributed by atoms with Crippen molar-refractivity contribution in [3.63, 3.8) is 0 Å². The minimum atomic E-state index is -0.296. The summed E-state index contributed by atoms with van der Waals surface area (Å²) in [7, 11) is 1.56. The average molecular weight is 319 g/mol. The summed E-state index contributed by atoms with van der Waals surface area (Å²) in [4.78, 5) is 11.5. The minimum absolute atomic E-state index is 0.296. The maximum Gasteiger partial charge on any atom is 0.318 e. The Bertz CT molecular complexity index is 686. The van der Waals surface area contributed by atoms with Crippen molar-refractivity contribution in [3.8, 4) is 5.75 Å². The Labute approximate surface area is 135 Å². The molecular formula is C17H19ClN2O2. The summed E-state index contributed by atoms with van der Waals surface area (Å²) in [5.74, 6) is 0.825. The topological polar surface area (TPSA) is 50.4 Å². The van der Waals surface area contributed by atoms with Crippen molar-refractivity contribution in [1.29, 1.82) is 0 Å². The van der Waals surface area contributed by atoms with Crippen molar-refractivity contribution < 1.29 is 9.53 Å². The van der Waals surface area contributed by atoms with Gasteiger partial charge in [-0.25, -0.2) is 4.79 Å². The molecule has 2 N–H and O–H groups in total. The molecule has 0 bridgehead atoms. The highest BCUT2D eigenvalue weighted by atomic mass is 35.5. The summed E-state index contributed by atoms with van der Waals surface area (Å²) in [6.07, 6.45) is 0. The summed E-state index contributed by atoms with van der Waals surface area (Å²) in [5.41, 5.74) is 3.76. The Morgan fingerprint density at radius 1 is 1.18 bits per heavy atom. The van der Waals surface area contributed by atoms with E-state index in [1.807, 2.05) is 32.0 Å². The lowest BCUT2D eigenvalue weighted by Gasteiger charge is -2.14. The predicted octanol–water partition coefficient (Wildman–Crippen LogP) is 4.29. The van der Waals surface area contributed by atoms with Gasteiger partial charge in [-0.1, -0.05) is 35.4 Å². The summed E-state index contributed by atoms with van der Waals surface area (Å²) < 4.78 is 5.86. The molecule has 4 nitrogen and oxygen atoms in total. The van der Waals surface area contributed by atoms with Gasteiger partial charge >= 0.3 is 6.03 Å². The van der Waals surface area contributed by atoms with Crippen LogP contribution >= 0.6 is 11.6 Å². The van der Waals surface area contributed by atoms with E-state index in [1.165, 1.54) is 5.56 Å². The Balaban J connectivity index is 2.16. The Morgan fingerprint density at radius 2 is 1.95 bits per heavy atom. The predicted molar refractivity (Wildman–Crippen MR) is 89.8 cm³/mol. The average Bonchev–Trinajstić information content (AvgIpc) is 2.48. The van der Waals surface area contributed by atoms with Crippen LogP contribution in [0.1, 0.15) is 16.7 Å². The summed E-state index contributed by atoms with van der Waals surface area (Å²) in [6, 6.07) is 11.1. The maximum absolute atomic E-state index is 11.5. The third kappa shape index (κ3) is 4.15. The fourth-order valence-electron chi connectivity index (χ4n) is 2.09. The van der Waals surface area contributed by atoms with Gasteiger partial charge in [0.15, 0.2) is 0 Å². The molecule has 2 rings (SSSR count). The Kier molecular flexibility index (Phi) is 5.28. The molecule has 0 atom stereocenters. The molecule has 116 valence electrons. The molecule has 0 heterocycles. The number of urea groups is 1. The van der Waals surface area contributed by atoms with Crippen molar-refractivity contribution in [1.82, 2.24) is 5.32 Å². The molecule has 22 heavy (non-hydrogen) atoms. The van der Waals surface area contributed by atoms with Gasteiger partial charge in [-0.2, -0.15) is 0 Å². The molecule has 0 spiro atoms. The van der Waals surface area contributed by atoms with Gasteiger partial charge < -0.3 is 15.4 Å². The Morgan fingerprint density at radius 3 is 2.64 bits per heavy atom. The van der Waals surface area contributed by atoms with Crippen LogP contribution in [0.3, 0.4) is 0 Å². The fourth-order valence-corrected chi connectivity index (χ4v) is 2.26. The lowest BCUT2D eigenvalue weighted by molar-refractivity contribution is 0.254. The molecule has 0 fully saturated rings. The molecule has 2 amide bonds. The first-order valence-electron chi connectivity index (χ1n) is 6.97. The molecule has 0 aliphatic carbocycles. The largest absolute Gasteiger partial charge is 0.489 e. The summed E-state index contributed by atoms with van der Waals surface area (Å²) in [5, 5.41) is 5.82. The number of rotatable bonds is 4. The molecule has 0 radical (unpaired) electrons. The zero-order chi connectivity index (χ0) is 16.1. The van der Waals surface area contributed by atoms with Gasteiger partial charge in [0, 0.05) is 17.6 Å². The molecule has 0 aliphatic heterocycles. The molecule has 5 heteroatoms. The SMILES string of the molecule is CNC(=O)Nc1cc(Cl)ccc1COc1ccc(C)cc1C. The van der Waals surface area contributed by atoms with Crippen molar-refractivity contribution >= 4 is 23.3 Å². The van der Waals surface area contributed by atoms with E-state index in [0.29, 0.717) is 17.3 Å². The van der Waals surface area contributed by atoms with Crippen LogP contribution in [0.15, 0.2) is 36.4 Å². The third-order valence-corrected chi connectivity index (χ3v) is 3.50. The first-order chi connectivity index (χ1) is 10.5. The van der Waals surface area contributed by atoms with Crippen molar-refractivity contribution in [3.05, 3.63) is 58.1 Å². The lowest BCUT2D eigenvalue weighted by atomic mass is 10.1. The first kappa shape index (κ1) is 16.2. The standard InChI is InChI=1S/C17H19ClN2O2/c1-11-4-7-16(12(2)8-11)22-10-13-5-6-14(18)9-15(13)20-17(21)19-3/h4-9H,10H2,1-3H3,(H2,19,20,21). The van der Waals surface area contributed by atoms with Gasteiger partial charge in [0.25, 0.3) is 0 Å². The highest BCUT2D eigenvalue weighted by Gasteiger charge is 2.08. The zero-order valence-electron chi connectivity index (χ0n) is 12.9. The van der Waals surface area contributed by atoms with Crippen LogP contribution < -0.4 is 15.4 Å². The van der Waals surface area contributed by atoms with Gasteiger partial charge in [0.1, 0.15) is 12.4 Å². The minimum Gasteiger partial charge on any atom is -0.489 e. The van der Waals surface area contributed by atoms with E-state index in [-0.39, 0.29) is 6.03 Å². The van der Waals surface area contributed by atoms with E-state index < -0.39 is 0 Å². The molecule has 0 aromatic heterocycles. The number of halogens is 1. The number of hydrogen-bond acceptors (Lipinski definition) is 2. The van der Waals surface area contributed by atoms with Crippen LogP contribution in [0.2, 0.25) is 5.02 Å². The molecule has 0 saturated carbocycles. The van der Waals surface area contributed by atoms with Gasteiger partial charge in [0.2, 0.25) is 0 Å². The number of nitrogens with one attached hydrogen (secondary N) is 2.